The van der Waals surface area contributed by atoms with Crippen LogP contribution in [0.15, 0.2) is 18.2 Å². The Balaban J connectivity index is 2.12. The largest absolute Gasteiger partial charge is 0.416 e. The Morgan fingerprint density at radius 3 is 2.58 bits per heavy atom. The molecule has 2 amide bonds. The molecule has 0 spiro atoms. The number of nitrogens with zero attached hydrogens (tertiary/aromatic N) is 2. The summed E-state index contributed by atoms with van der Waals surface area (Å²) in [5.74, 6) is -0.392. The molecule has 0 radical (unpaired) electrons. The van der Waals surface area contributed by atoms with Crippen molar-refractivity contribution in [2.45, 2.75) is 26.4 Å². The minimum atomic E-state index is -4.49. The van der Waals surface area contributed by atoms with Gasteiger partial charge in [0.2, 0.25) is 5.91 Å². The predicted octanol–water partition coefficient (Wildman–Crippen LogP) is 2.95. The van der Waals surface area contributed by atoms with Gasteiger partial charge in [0.1, 0.15) is 0 Å². The maximum absolute atomic E-state index is 12.8. The van der Waals surface area contributed by atoms with Crippen LogP contribution in [0.25, 0.3) is 0 Å². The summed E-state index contributed by atoms with van der Waals surface area (Å²) in [6.45, 7) is 5.05. The lowest BCUT2D eigenvalue weighted by Crippen LogP contribution is -2.33. The van der Waals surface area contributed by atoms with Crippen molar-refractivity contribution >= 4 is 11.8 Å². The summed E-state index contributed by atoms with van der Waals surface area (Å²) in [7, 11) is 1.56. The summed E-state index contributed by atoms with van der Waals surface area (Å²) in [5, 5.41) is 0. The topological polar surface area (TPSA) is 40.6 Å². The summed E-state index contributed by atoms with van der Waals surface area (Å²) in [4.78, 5) is 27.4. The minimum Gasteiger partial charge on any atom is -0.343 e. The zero-order valence-electron chi connectivity index (χ0n) is 14.0. The molecule has 1 fully saturated rings. The SMILES string of the molecule is CCN1C[C@@H](CN(C)C(=O)c2cc(C(F)(F)F)ccc2C)CC1=O. The summed E-state index contributed by atoms with van der Waals surface area (Å²) in [6.07, 6.45) is -4.12. The molecular formula is C17H21F3N2O2. The van der Waals surface area contributed by atoms with Gasteiger partial charge in [-0.1, -0.05) is 6.07 Å². The third-order valence-corrected chi connectivity index (χ3v) is 4.35. The second kappa shape index (κ2) is 6.83. The fourth-order valence-corrected chi connectivity index (χ4v) is 2.99. The van der Waals surface area contributed by atoms with Crippen LogP contribution in [-0.2, 0) is 11.0 Å². The Kier molecular flexibility index (Phi) is 5.20. The Labute approximate surface area is 139 Å². The second-order valence-electron chi connectivity index (χ2n) is 6.22. The van der Waals surface area contributed by atoms with Gasteiger partial charge in [0.15, 0.2) is 0 Å². The van der Waals surface area contributed by atoms with Crippen LogP contribution in [0.3, 0.4) is 0 Å². The number of aryl methyl sites for hydroxylation is 1. The van der Waals surface area contributed by atoms with Crippen molar-refractivity contribution in [3.05, 3.63) is 34.9 Å². The van der Waals surface area contributed by atoms with E-state index in [4.69, 9.17) is 0 Å². The van der Waals surface area contributed by atoms with E-state index in [-0.39, 0.29) is 17.4 Å². The van der Waals surface area contributed by atoms with Crippen LogP contribution >= 0.6 is 0 Å². The molecule has 4 nitrogen and oxygen atoms in total. The van der Waals surface area contributed by atoms with E-state index in [1.165, 1.54) is 11.0 Å². The molecule has 1 aliphatic rings. The molecule has 1 aromatic carbocycles. The van der Waals surface area contributed by atoms with E-state index in [2.05, 4.69) is 0 Å². The number of amides is 2. The third-order valence-electron chi connectivity index (χ3n) is 4.35. The second-order valence-corrected chi connectivity index (χ2v) is 6.22. The van der Waals surface area contributed by atoms with Gasteiger partial charge in [0.05, 0.1) is 5.56 Å². The van der Waals surface area contributed by atoms with Crippen molar-refractivity contribution in [3.8, 4) is 0 Å². The quantitative estimate of drug-likeness (QED) is 0.844. The van der Waals surface area contributed by atoms with Crippen molar-refractivity contribution in [2.24, 2.45) is 5.92 Å². The van der Waals surface area contributed by atoms with Gasteiger partial charge in [-0.3, -0.25) is 9.59 Å². The third kappa shape index (κ3) is 3.88. The van der Waals surface area contributed by atoms with Gasteiger partial charge in [-0.25, -0.2) is 0 Å². The zero-order chi connectivity index (χ0) is 18.1. The Morgan fingerprint density at radius 2 is 2.04 bits per heavy atom. The van der Waals surface area contributed by atoms with E-state index in [9.17, 15) is 22.8 Å². The van der Waals surface area contributed by atoms with Crippen molar-refractivity contribution in [1.29, 1.82) is 0 Å². The number of alkyl halides is 3. The predicted molar refractivity (Wildman–Crippen MR) is 83.5 cm³/mol. The van der Waals surface area contributed by atoms with Crippen LogP contribution in [0.1, 0.15) is 34.8 Å². The molecule has 0 aliphatic carbocycles. The number of likely N-dealkylation sites (tertiary alicyclic amines) is 1. The molecule has 1 saturated heterocycles. The van der Waals surface area contributed by atoms with Crippen LogP contribution in [0.2, 0.25) is 0 Å². The lowest BCUT2D eigenvalue weighted by molar-refractivity contribution is -0.137. The smallest absolute Gasteiger partial charge is 0.343 e. The van der Waals surface area contributed by atoms with Crippen LogP contribution in [-0.4, -0.2) is 48.3 Å². The molecule has 0 bridgehead atoms. The molecule has 0 saturated carbocycles. The van der Waals surface area contributed by atoms with Crippen LogP contribution in [0, 0.1) is 12.8 Å². The first kappa shape index (κ1) is 18.3. The average Bonchev–Trinajstić information content (AvgIpc) is 2.85. The summed E-state index contributed by atoms with van der Waals surface area (Å²) in [6, 6.07) is 3.18. The highest BCUT2D eigenvalue weighted by Gasteiger charge is 2.33. The van der Waals surface area contributed by atoms with Gasteiger partial charge in [0, 0.05) is 44.6 Å². The number of halogens is 3. The molecule has 132 valence electrons. The van der Waals surface area contributed by atoms with Gasteiger partial charge in [-0.15, -0.1) is 0 Å². The van der Waals surface area contributed by atoms with Gasteiger partial charge < -0.3 is 9.80 Å². The van der Waals surface area contributed by atoms with Crippen molar-refractivity contribution in [1.82, 2.24) is 9.80 Å². The van der Waals surface area contributed by atoms with E-state index in [0.29, 0.717) is 31.6 Å². The molecule has 24 heavy (non-hydrogen) atoms. The highest BCUT2D eigenvalue weighted by molar-refractivity contribution is 5.95. The fourth-order valence-electron chi connectivity index (χ4n) is 2.99. The zero-order valence-corrected chi connectivity index (χ0v) is 14.0. The number of rotatable bonds is 4. The first-order chi connectivity index (χ1) is 11.1. The average molecular weight is 342 g/mol. The molecule has 1 atom stereocenters. The number of hydrogen-bond acceptors (Lipinski definition) is 2. The highest BCUT2D eigenvalue weighted by Crippen LogP contribution is 2.31. The van der Waals surface area contributed by atoms with Gasteiger partial charge >= 0.3 is 6.18 Å². The van der Waals surface area contributed by atoms with Crippen LogP contribution in [0.5, 0.6) is 0 Å². The van der Waals surface area contributed by atoms with E-state index in [0.717, 1.165) is 12.1 Å². The molecule has 0 unspecified atom stereocenters. The molecular weight excluding hydrogens is 321 g/mol. The fraction of sp³-hybridized carbons (Fsp3) is 0.529. The van der Waals surface area contributed by atoms with Gasteiger partial charge in [0.25, 0.3) is 5.91 Å². The number of hydrogen-bond donors (Lipinski definition) is 0. The molecule has 1 aromatic rings. The maximum atomic E-state index is 12.8. The number of benzene rings is 1. The van der Waals surface area contributed by atoms with Gasteiger partial charge in [-0.05, 0) is 31.5 Å². The van der Waals surface area contributed by atoms with E-state index < -0.39 is 17.6 Å². The first-order valence-electron chi connectivity index (χ1n) is 7.84. The summed E-state index contributed by atoms with van der Waals surface area (Å²) >= 11 is 0. The van der Waals surface area contributed by atoms with Crippen LogP contribution < -0.4 is 0 Å². The Hall–Kier alpha value is -2.05. The van der Waals surface area contributed by atoms with Crippen molar-refractivity contribution in [3.63, 3.8) is 0 Å². The lowest BCUT2D eigenvalue weighted by Gasteiger charge is -2.22. The molecule has 0 aromatic heterocycles. The molecule has 2 rings (SSSR count). The molecule has 0 N–H and O–H groups in total. The van der Waals surface area contributed by atoms with Crippen molar-refractivity contribution in [2.75, 3.05) is 26.7 Å². The lowest BCUT2D eigenvalue weighted by atomic mass is 10.0. The minimum absolute atomic E-state index is 0.0116. The molecule has 1 heterocycles. The summed E-state index contributed by atoms with van der Waals surface area (Å²) in [5.41, 5.74) is -0.292. The van der Waals surface area contributed by atoms with E-state index in [1.807, 2.05) is 6.92 Å². The maximum Gasteiger partial charge on any atom is 0.416 e. The van der Waals surface area contributed by atoms with Crippen molar-refractivity contribution < 1.29 is 22.8 Å². The number of carbonyl (C=O) groups excluding carboxylic acids is 2. The monoisotopic (exact) mass is 342 g/mol. The van der Waals surface area contributed by atoms with Gasteiger partial charge in [-0.2, -0.15) is 13.2 Å². The summed E-state index contributed by atoms with van der Waals surface area (Å²) < 4.78 is 38.5. The standard InChI is InChI=1S/C17H21F3N2O2/c1-4-22-10-12(7-15(22)23)9-21(3)16(24)14-8-13(17(18,19)20)6-5-11(14)2/h5-6,8,12H,4,7,9-10H2,1-3H3/t12-/m1/s1. The first-order valence-corrected chi connectivity index (χ1v) is 7.84. The normalized spacial score (nSPS) is 18.2. The van der Waals surface area contributed by atoms with Crippen LogP contribution in [0.4, 0.5) is 13.2 Å². The van der Waals surface area contributed by atoms with E-state index >= 15 is 0 Å². The molecule has 1 aliphatic heterocycles. The Bertz CT molecular complexity index is 643. The molecule has 7 heteroatoms. The number of carbonyl (C=O) groups is 2. The Morgan fingerprint density at radius 1 is 1.38 bits per heavy atom. The highest BCUT2D eigenvalue weighted by atomic mass is 19.4. The van der Waals surface area contributed by atoms with E-state index in [1.54, 1.807) is 18.9 Å².